The van der Waals surface area contributed by atoms with Gasteiger partial charge in [0.25, 0.3) is 0 Å². The van der Waals surface area contributed by atoms with Gasteiger partial charge in [-0.1, -0.05) is 29.8 Å². The van der Waals surface area contributed by atoms with Crippen LogP contribution < -0.4 is 4.74 Å². The average molecular weight is 312 g/mol. The van der Waals surface area contributed by atoms with E-state index in [2.05, 4.69) is 0 Å². The third-order valence-corrected chi connectivity index (χ3v) is 3.77. The first kappa shape index (κ1) is 16.7. The number of esters is 1. The number of hydrogen-bond donors (Lipinski definition) is 0. The number of aryl methyl sites for hydroxylation is 1. The van der Waals surface area contributed by atoms with E-state index in [0.717, 1.165) is 11.1 Å². The smallest absolute Gasteiger partial charge is 0.313 e. The van der Waals surface area contributed by atoms with Crippen LogP contribution in [0.1, 0.15) is 33.8 Å². The maximum Gasteiger partial charge on any atom is 0.313 e. The Labute approximate surface area is 136 Å². The first-order valence-corrected chi connectivity index (χ1v) is 7.36. The van der Waals surface area contributed by atoms with Gasteiger partial charge in [0.2, 0.25) is 0 Å². The fourth-order valence-corrected chi connectivity index (χ4v) is 2.36. The normalized spacial score (nSPS) is 11.6. The summed E-state index contributed by atoms with van der Waals surface area (Å²) in [5, 5.41) is 0. The predicted molar refractivity (Wildman–Crippen MR) is 87.9 cm³/mol. The van der Waals surface area contributed by atoms with Gasteiger partial charge in [-0.15, -0.1) is 0 Å². The van der Waals surface area contributed by atoms with Gasteiger partial charge in [0.15, 0.2) is 5.78 Å². The number of ether oxygens (including phenoxy) is 2. The average Bonchev–Trinajstić information content (AvgIpc) is 2.59. The van der Waals surface area contributed by atoms with Gasteiger partial charge in [-0.25, -0.2) is 0 Å². The van der Waals surface area contributed by atoms with Gasteiger partial charge >= 0.3 is 5.97 Å². The third-order valence-electron chi connectivity index (χ3n) is 3.77. The lowest BCUT2D eigenvalue weighted by Gasteiger charge is -2.15. The number of carbonyl (C=O) groups excluding carboxylic acids is 2. The number of hydrogen-bond acceptors (Lipinski definition) is 4. The molecule has 0 spiro atoms. The van der Waals surface area contributed by atoms with E-state index in [9.17, 15) is 9.59 Å². The molecule has 1 atom stereocenters. The van der Waals surface area contributed by atoms with Gasteiger partial charge in [0.1, 0.15) is 5.75 Å². The summed E-state index contributed by atoms with van der Waals surface area (Å²) in [7, 11) is 2.91. The molecule has 120 valence electrons. The van der Waals surface area contributed by atoms with E-state index in [4.69, 9.17) is 9.47 Å². The lowest BCUT2D eigenvalue weighted by atomic mass is 9.91. The van der Waals surface area contributed by atoms with Crippen LogP contribution in [0, 0.1) is 6.92 Å². The zero-order chi connectivity index (χ0) is 16.8. The highest BCUT2D eigenvalue weighted by molar-refractivity contribution is 5.99. The van der Waals surface area contributed by atoms with Crippen molar-refractivity contribution in [1.82, 2.24) is 0 Å². The van der Waals surface area contributed by atoms with Crippen molar-refractivity contribution in [1.29, 1.82) is 0 Å². The highest BCUT2D eigenvalue weighted by Gasteiger charge is 2.25. The molecule has 0 saturated carbocycles. The Morgan fingerprint density at radius 2 is 1.57 bits per heavy atom. The summed E-state index contributed by atoms with van der Waals surface area (Å²) < 4.78 is 9.94. The van der Waals surface area contributed by atoms with E-state index in [0.29, 0.717) is 11.3 Å². The lowest BCUT2D eigenvalue weighted by Crippen LogP contribution is -2.18. The van der Waals surface area contributed by atoms with E-state index in [-0.39, 0.29) is 12.2 Å². The zero-order valence-electron chi connectivity index (χ0n) is 13.5. The van der Waals surface area contributed by atoms with Crippen LogP contribution >= 0.6 is 0 Å². The van der Waals surface area contributed by atoms with Crippen molar-refractivity contribution in [3.63, 3.8) is 0 Å². The SMILES string of the molecule is COC(=O)[C@@H](CC(=O)c1ccc(OC)cc1)c1ccc(C)cc1. The van der Waals surface area contributed by atoms with Crippen LogP contribution in [-0.4, -0.2) is 26.0 Å². The molecule has 0 aliphatic heterocycles. The molecular weight excluding hydrogens is 292 g/mol. The summed E-state index contributed by atoms with van der Waals surface area (Å²) in [5.74, 6) is -0.431. The van der Waals surface area contributed by atoms with Crippen LogP contribution in [0.2, 0.25) is 0 Å². The quantitative estimate of drug-likeness (QED) is 0.605. The molecule has 0 aromatic heterocycles. The first-order valence-electron chi connectivity index (χ1n) is 7.36. The van der Waals surface area contributed by atoms with Gasteiger partial charge in [0, 0.05) is 12.0 Å². The molecule has 0 heterocycles. The number of benzene rings is 2. The molecule has 0 aliphatic carbocycles. The molecule has 0 amide bonds. The van der Waals surface area contributed by atoms with Crippen molar-refractivity contribution in [2.75, 3.05) is 14.2 Å². The number of rotatable bonds is 6. The largest absolute Gasteiger partial charge is 0.497 e. The van der Waals surface area contributed by atoms with Crippen molar-refractivity contribution in [3.05, 3.63) is 65.2 Å². The van der Waals surface area contributed by atoms with Crippen LogP contribution in [0.25, 0.3) is 0 Å². The van der Waals surface area contributed by atoms with Gasteiger partial charge in [0.05, 0.1) is 20.1 Å². The van der Waals surface area contributed by atoms with Gasteiger partial charge in [-0.3, -0.25) is 9.59 Å². The molecule has 0 saturated heterocycles. The number of Topliss-reactive ketones (excluding diaryl/α,β-unsaturated/α-hetero) is 1. The molecule has 2 aromatic carbocycles. The molecule has 0 aliphatic rings. The standard InChI is InChI=1S/C19H20O4/c1-13-4-6-14(7-5-13)17(19(21)23-3)12-18(20)15-8-10-16(22-2)11-9-15/h4-11,17H,12H2,1-3H3/t17-/m0/s1. The number of carbonyl (C=O) groups is 2. The highest BCUT2D eigenvalue weighted by Crippen LogP contribution is 2.24. The van der Waals surface area contributed by atoms with E-state index in [1.54, 1.807) is 31.4 Å². The molecule has 0 radical (unpaired) electrons. The minimum absolute atomic E-state index is 0.0715. The zero-order valence-corrected chi connectivity index (χ0v) is 13.5. The van der Waals surface area contributed by atoms with Crippen LogP contribution in [0.4, 0.5) is 0 Å². The summed E-state index contributed by atoms with van der Waals surface area (Å²) in [6, 6.07) is 14.4. The molecule has 2 rings (SSSR count). The van der Waals surface area contributed by atoms with Crippen LogP contribution in [0.15, 0.2) is 48.5 Å². The Bertz CT molecular complexity index is 672. The molecule has 0 N–H and O–H groups in total. The van der Waals surface area contributed by atoms with Crippen molar-refractivity contribution in [2.24, 2.45) is 0 Å². The molecule has 0 unspecified atom stereocenters. The number of methoxy groups -OCH3 is 2. The molecule has 4 heteroatoms. The Kier molecular flexibility index (Phi) is 5.52. The monoisotopic (exact) mass is 312 g/mol. The Balaban J connectivity index is 2.21. The first-order chi connectivity index (χ1) is 11.0. The second kappa shape index (κ2) is 7.58. The summed E-state index contributed by atoms with van der Waals surface area (Å²) in [5.41, 5.74) is 2.43. The van der Waals surface area contributed by atoms with Crippen molar-refractivity contribution >= 4 is 11.8 Å². The van der Waals surface area contributed by atoms with Crippen LogP contribution in [0.3, 0.4) is 0 Å². The maximum absolute atomic E-state index is 12.5. The summed E-state index contributed by atoms with van der Waals surface area (Å²) in [4.78, 5) is 24.5. The Morgan fingerprint density at radius 1 is 0.957 bits per heavy atom. The predicted octanol–water partition coefficient (Wildman–Crippen LogP) is 3.53. The van der Waals surface area contributed by atoms with E-state index < -0.39 is 11.9 Å². The second-order valence-corrected chi connectivity index (χ2v) is 5.34. The van der Waals surface area contributed by atoms with Gasteiger partial charge < -0.3 is 9.47 Å². The fraction of sp³-hybridized carbons (Fsp3) is 0.263. The minimum Gasteiger partial charge on any atom is -0.497 e. The van der Waals surface area contributed by atoms with E-state index in [1.165, 1.54) is 7.11 Å². The van der Waals surface area contributed by atoms with Gasteiger partial charge in [-0.05, 0) is 36.8 Å². The maximum atomic E-state index is 12.5. The molecule has 0 fully saturated rings. The topological polar surface area (TPSA) is 52.6 Å². The molecule has 23 heavy (non-hydrogen) atoms. The fourth-order valence-electron chi connectivity index (χ4n) is 2.36. The molecular formula is C19H20O4. The van der Waals surface area contributed by atoms with Gasteiger partial charge in [-0.2, -0.15) is 0 Å². The number of ketones is 1. The summed E-state index contributed by atoms with van der Waals surface area (Å²) in [6.45, 7) is 1.97. The molecule has 0 bridgehead atoms. The summed E-state index contributed by atoms with van der Waals surface area (Å²) in [6.07, 6.45) is 0.0715. The lowest BCUT2D eigenvalue weighted by molar-refractivity contribution is -0.142. The van der Waals surface area contributed by atoms with E-state index >= 15 is 0 Å². The Hall–Kier alpha value is -2.62. The Morgan fingerprint density at radius 3 is 2.09 bits per heavy atom. The molecule has 4 nitrogen and oxygen atoms in total. The van der Waals surface area contributed by atoms with Crippen LogP contribution in [-0.2, 0) is 9.53 Å². The highest BCUT2D eigenvalue weighted by atomic mass is 16.5. The van der Waals surface area contributed by atoms with E-state index in [1.807, 2.05) is 31.2 Å². The third kappa shape index (κ3) is 4.19. The van der Waals surface area contributed by atoms with Crippen molar-refractivity contribution < 1.29 is 19.1 Å². The van der Waals surface area contributed by atoms with Crippen molar-refractivity contribution in [2.45, 2.75) is 19.3 Å². The minimum atomic E-state index is -0.602. The summed E-state index contributed by atoms with van der Waals surface area (Å²) >= 11 is 0. The molecule has 2 aromatic rings. The second-order valence-electron chi connectivity index (χ2n) is 5.34. The van der Waals surface area contributed by atoms with Crippen molar-refractivity contribution in [3.8, 4) is 5.75 Å². The van der Waals surface area contributed by atoms with Crippen LogP contribution in [0.5, 0.6) is 5.75 Å².